The van der Waals surface area contributed by atoms with Crippen LogP contribution in [0.5, 0.6) is 11.5 Å². The average molecular weight is 337 g/mol. The zero-order chi connectivity index (χ0) is 14.5. The fourth-order valence-corrected chi connectivity index (χ4v) is 1.98. The van der Waals surface area contributed by atoms with E-state index in [2.05, 4.69) is 15.9 Å². The van der Waals surface area contributed by atoms with Crippen LogP contribution in [0.4, 0.5) is 4.39 Å². The van der Waals surface area contributed by atoms with Crippen LogP contribution in [0.2, 0.25) is 0 Å². The molecule has 0 aliphatic carbocycles. The van der Waals surface area contributed by atoms with Gasteiger partial charge in [-0.1, -0.05) is 28.1 Å². The molecule has 0 saturated carbocycles. The highest BCUT2D eigenvalue weighted by Crippen LogP contribution is 2.26. The van der Waals surface area contributed by atoms with Crippen molar-refractivity contribution in [2.45, 2.75) is 0 Å². The third kappa shape index (κ3) is 4.20. The second-order valence-corrected chi connectivity index (χ2v) is 4.86. The van der Waals surface area contributed by atoms with Crippen molar-refractivity contribution in [2.75, 3.05) is 0 Å². The van der Waals surface area contributed by atoms with Gasteiger partial charge >= 0.3 is 5.97 Å². The summed E-state index contributed by atoms with van der Waals surface area (Å²) in [6.45, 7) is 0. The fourth-order valence-electron chi connectivity index (χ4n) is 1.54. The van der Waals surface area contributed by atoms with E-state index in [1.165, 1.54) is 18.2 Å². The molecule has 5 heteroatoms. The summed E-state index contributed by atoms with van der Waals surface area (Å²) in [5.74, 6) is -0.481. The Hall–Kier alpha value is -2.14. The molecule has 20 heavy (non-hydrogen) atoms. The molecule has 0 bridgehead atoms. The summed E-state index contributed by atoms with van der Waals surface area (Å²) in [6, 6.07) is 11.1. The molecule has 0 aliphatic rings. The topological polar surface area (TPSA) is 46.5 Å². The van der Waals surface area contributed by atoms with Gasteiger partial charge in [-0.2, -0.15) is 0 Å². The van der Waals surface area contributed by atoms with E-state index in [1.54, 1.807) is 30.3 Å². The molecule has 0 aromatic heterocycles. The van der Waals surface area contributed by atoms with E-state index in [0.717, 1.165) is 11.6 Å². The maximum atomic E-state index is 13.2. The molecule has 0 fully saturated rings. The van der Waals surface area contributed by atoms with Crippen molar-refractivity contribution in [1.29, 1.82) is 0 Å². The van der Waals surface area contributed by atoms with Crippen molar-refractivity contribution in [1.82, 2.24) is 0 Å². The van der Waals surface area contributed by atoms with Gasteiger partial charge in [0.1, 0.15) is 17.3 Å². The van der Waals surface area contributed by atoms with Gasteiger partial charge in [-0.05, 0) is 35.9 Å². The van der Waals surface area contributed by atoms with Crippen molar-refractivity contribution in [3.05, 3.63) is 64.4 Å². The second-order valence-electron chi connectivity index (χ2n) is 3.95. The zero-order valence-corrected chi connectivity index (χ0v) is 11.8. The number of carboxylic acid groups (broad SMARTS) is 1. The summed E-state index contributed by atoms with van der Waals surface area (Å²) in [6.07, 6.45) is 2.53. The number of aliphatic carboxylic acids is 1. The molecule has 0 saturated heterocycles. The number of ether oxygens (including phenoxy) is 1. The van der Waals surface area contributed by atoms with Gasteiger partial charge in [0.25, 0.3) is 0 Å². The monoisotopic (exact) mass is 336 g/mol. The average Bonchev–Trinajstić information content (AvgIpc) is 2.36. The molecule has 0 unspecified atom stereocenters. The van der Waals surface area contributed by atoms with Crippen LogP contribution in [-0.2, 0) is 4.79 Å². The van der Waals surface area contributed by atoms with Crippen LogP contribution < -0.4 is 4.74 Å². The molecule has 2 aromatic rings. The summed E-state index contributed by atoms with van der Waals surface area (Å²) < 4.78 is 19.3. The molecule has 2 rings (SSSR count). The zero-order valence-electron chi connectivity index (χ0n) is 10.2. The summed E-state index contributed by atoms with van der Waals surface area (Å²) in [5, 5.41) is 8.52. The van der Waals surface area contributed by atoms with Crippen molar-refractivity contribution in [2.24, 2.45) is 0 Å². The Bertz CT molecular complexity index is 630. The lowest BCUT2D eigenvalue weighted by atomic mass is 10.2. The van der Waals surface area contributed by atoms with Gasteiger partial charge < -0.3 is 9.84 Å². The number of hydrogen-bond acceptors (Lipinski definition) is 2. The Labute approximate surface area is 123 Å². The SMILES string of the molecule is O=C(O)/C=C/c1ccc(Oc2cc(F)cc(Br)c2)cc1. The number of carboxylic acids is 1. The van der Waals surface area contributed by atoms with Crippen molar-refractivity contribution < 1.29 is 19.0 Å². The van der Waals surface area contributed by atoms with Crippen molar-refractivity contribution in [3.8, 4) is 11.5 Å². The minimum absolute atomic E-state index is 0.380. The maximum Gasteiger partial charge on any atom is 0.328 e. The predicted octanol–water partition coefficient (Wildman–Crippen LogP) is 4.48. The van der Waals surface area contributed by atoms with Crippen LogP contribution in [0.1, 0.15) is 5.56 Å². The highest BCUT2D eigenvalue weighted by atomic mass is 79.9. The molecule has 0 amide bonds. The number of halogens is 2. The molecule has 1 N–H and O–H groups in total. The maximum absolute atomic E-state index is 13.2. The van der Waals surface area contributed by atoms with Crippen LogP contribution in [0, 0.1) is 5.82 Å². The van der Waals surface area contributed by atoms with Gasteiger partial charge in [0, 0.05) is 16.6 Å². The van der Waals surface area contributed by atoms with Crippen LogP contribution in [-0.4, -0.2) is 11.1 Å². The summed E-state index contributed by atoms with van der Waals surface area (Å²) in [5.41, 5.74) is 0.736. The van der Waals surface area contributed by atoms with Gasteiger partial charge in [0.2, 0.25) is 0 Å². The Balaban J connectivity index is 2.12. The number of benzene rings is 2. The molecular weight excluding hydrogens is 327 g/mol. The first-order valence-corrected chi connectivity index (χ1v) is 6.47. The first-order valence-electron chi connectivity index (χ1n) is 5.68. The Morgan fingerprint density at radius 3 is 2.45 bits per heavy atom. The van der Waals surface area contributed by atoms with E-state index in [1.807, 2.05) is 0 Å². The molecule has 0 radical (unpaired) electrons. The summed E-state index contributed by atoms with van der Waals surface area (Å²) >= 11 is 3.19. The van der Waals surface area contributed by atoms with E-state index in [9.17, 15) is 9.18 Å². The van der Waals surface area contributed by atoms with Gasteiger partial charge in [0.05, 0.1) is 0 Å². The van der Waals surface area contributed by atoms with Gasteiger partial charge in [0.15, 0.2) is 0 Å². The van der Waals surface area contributed by atoms with E-state index in [-0.39, 0.29) is 0 Å². The smallest absolute Gasteiger partial charge is 0.328 e. The standard InChI is InChI=1S/C15H10BrFO3/c16-11-7-12(17)9-14(8-11)20-13-4-1-10(2-5-13)3-6-15(18)19/h1-9H,(H,18,19)/b6-3+. The van der Waals surface area contributed by atoms with Crippen molar-refractivity contribution in [3.63, 3.8) is 0 Å². The van der Waals surface area contributed by atoms with Gasteiger partial charge in [-0.15, -0.1) is 0 Å². The Kier molecular flexibility index (Phi) is 4.53. The second kappa shape index (κ2) is 6.34. The summed E-state index contributed by atoms with van der Waals surface area (Å²) in [7, 11) is 0. The lowest BCUT2D eigenvalue weighted by molar-refractivity contribution is -0.131. The Morgan fingerprint density at radius 2 is 1.85 bits per heavy atom. The lowest BCUT2D eigenvalue weighted by Crippen LogP contribution is -1.87. The van der Waals surface area contributed by atoms with Crippen LogP contribution in [0.3, 0.4) is 0 Å². The largest absolute Gasteiger partial charge is 0.478 e. The highest BCUT2D eigenvalue weighted by molar-refractivity contribution is 9.10. The molecule has 3 nitrogen and oxygen atoms in total. The number of carbonyl (C=O) groups is 1. The quantitative estimate of drug-likeness (QED) is 0.837. The third-order valence-corrected chi connectivity index (χ3v) is 2.83. The van der Waals surface area contributed by atoms with E-state index in [0.29, 0.717) is 16.0 Å². The number of rotatable bonds is 4. The molecule has 0 atom stereocenters. The summed E-state index contributed by atoms with van der Waals surface area (Å²) in [4.78, 5) is 10.4. The Morgan fingerprint density at radius 1 is 1.15 bits per heavy atom. The minimum atomic E-state index is -1.00. The molecule has 0 heterocycles. The molecule has 0 aliphatic heterocycles. The molecular formula is C15H10BrFO3. The van der Waals surface area contributed by atoms with Crippen LogP contribution >= 0.6 is 15.9 Å². The van der Waals surface area contributed by atoms with Gasteiger partial charge in [-0.3, -0.25) is 0 Å². The molecule has 2 aromatic carbocycles. The lowest BCUT2D eigenvalue weighted by Gasteiger charge is -2.06. The van der Waals surface area contributed by atoms with Gasteiger partial charge in [-0.25, -0.2) is 9.18 Å². The first-order chi connectivity index (χ1) is 9.52. The highest BCUT2D eigenvalue weighted by Gasteiger charge is 2.02. The van der Waals surface area contributed by atoms with E-state index >= 15 is 0 Å². The first kappa shape index (κ1) is 14.3. The fraction of sp³-hybridized carbons (Fsp3) is 0. The van der Waals surface area contributed by atoms with Crippen LogP contribution in [0.15, 0.2) is 53.0 Å². The minimum Gasteiger partial charge on any atom is -0.478 e. The third-order valence-electron chi connectivity index (χ3n) is 2.37. The number of hydrogen-bond donors (Lipinski definition) is 1. The van der Waals surface area contributed by atoms with Crippen molar-refractivity contribution >= 4 is 28.0 Å². The van der Waals surface area contributed by atoms with Crippen LogP contribution in [0.25, 0.3) is 6.08 Å². The van der Waals surface area contributed by atoms with E-state index < -0.39 is 11.8 Å². The van der Waals surface area contributed by atoms with E-state index in [4.69, 9.17) is 9.84 Å². The molecule has 102 valence electrons. The predicted molar refractivity (Wildman–Crippen MR) is 77.3 cm³/mol. The molecule has 0 spiro atoms. The normalized spacial score (nSPS) is 10.7.